The van der Waals surface area contributed by atoms with Crippen molar-refractivity contribution in [1.29, 1.82) is 0 Å². The van der Waals surface area contributed by atoms with E-state index in [-0.39, 0.29) is 6.10 Å². The number of ether oxygens (including phenoxy) is 2. The van der Waals surface area contributed by atoms with Crippen LogP contribution in [-0.4, -0.2) is 25.2 Å². The summed E-state index contributed by atoms with van der Waals surface area (Å²) in [7, 11) is -0.698. The molecule has 0 heterocycles. The summed E-state index contributed by atoms with van der Waals surface area (Å²) in [5, 5.41) is 2.54. The number of carbonyl (C=O) groups is 1. The first-order chi connectivity index (χ1) is 9.42. The second kappa shape index (κ2) is 7.82. The molecular formula is C13H19NO5P+. The van der Waals surface area contributed by atoms with E-state index in [1.165, 1.54) is 7.11 Å². The molecule has 6 nitrogen and oxygen atoms in total. The normalized spacial score (nSPS) is 12.8. The maximum Gasteiger partial charge on any atom is 0.664 e. The van der Waals surface area contributed by atoms with E-state index in [9.17, 15) is 9.36 Å². The molecule has 2 unspecified atom stereocenters. The molecule has 0 bridgehead atoms. The number of carbonyl (C=O) groups excluding carboxylic acids is 1. The number of methoxy groups -OCH3 is 1. The van der Waals surface area contributed by atoms with Crippen LogP contribution in [0.4, 0.5) is 0 Å². The molecule has 0 saturated heterocycles. The number of rotatable bonds is 7. The van der Waals surface area contributed by atoms with Gasteiger partial charge in [-0.15, -0.1) is 0 Å². The highest BCUT2D eigenvalue weighted by molar-refractivity contribution is 7.37. The molecule has 0 aliphatic heterocycles. The smallest absolute Gasteiger partial charge is 0.497 e. The van der Waals surface area contributed by atoms with Gasteiger partial charge in [0.05, 0.1) is 13.2 Å². The van der Waals surface area contributed by atoms with Crippen LogP contribution in [-0.2, 0) is 14.1 Å². The van der Waals surface area contributed by atoms with Gasteiger partial charge in [-0.1, -0.05) is 11.2 Å². The first-order valence-electron chi connectivity index (χ1n) is 6.18. The lowest BCUT2D eigenvalue weighted by molar-refractivity contribution is -0.148. The highest BCUT2D eigenvalue weighted by Crippen LogP contribution is 2.27. The van der Waals surface area contributed by atoms with Gasteiger partial charge in [-0.2, -0.15) is 0 Å². The molecule has 1 rings (SSSR count). The van der Waals surface area contributed by atoms with E-state index >= 15 is 0 Å². The topological polar surface area (TPSA) is 73.9 Å². The van der Waals surface area contributed by atoms with E-state index in [1.807, 2.05) is 0 Å². The molecule has 1 N–H and O–H groups in total. The summed E-state index contributed by atoms with van der Waals surface area (Å²) >= 11 is 0. The Balaban J connectivity index is 2.52. The van der Waals surface area contributed by atoms with E-state index < -0.39 is 20.2 Å². The summed E-state index contributed by atoms with van der Waals surface area (Å²) in [4.78, 5) is 11.6. The van der Waals surface area contributed by atoms with Crippen molar-refractivity contribution in [1.82, 2.24) is 5.09 Å². The first kappa shape index (κ1) is 16.4. The zero-order valence-corrected chi connectivity index (χ0v) is 12.8. The minimum absolute atomic E-state index is 0.219. The van der Waals surface area contributed by atoms with Crippen molar-refractivity contribution in [2.75, 3.05) is 7.11 Å². The van der Waals surface area contributed by atoms with Gasteiger partial charge in [0.1, 0.15) is 11.8 Å². The van der Waals surface area contributed by atoms with Crippen molar-refractivity contribution in [3.05, 3.63) is 24.3 Å². The van der Waals surface area contributed by atoms with Crippen molar-refractivity contribution in [3.63, 3.8) is 0 Å². The van der Waals surface area contributed by atoms with Gasteiger partial charge >= 0.3 is 14.1 Å². The minimum Gasteiger partial charge on any atom is -0.497 e. The molecule has 1 aromatic rings. The van der Waals surface area contributed by atoms with Crippen molar-refractivity contribution >= 4 is 14.1 Å². The van der Waals surface area contributed by atoms with Crippen LogP contribution in [0, 0.1) is 0 Å². The SMILES string of the molecule is COc1cccc(O[P+](=O)NC(C)C(=O)OC(C)C)c1. The third kappa shape index (κ3) is 5.55. The molecule has 7 heteroatoms. The average molecular weight is 300 g/mol. The van der Waals surface area contributed by atoms with Crippen LogP contribution in [0.1, 0.15) is 20.8 Å². The number of hydrogen-bond acceptors (Lipinski definition) is 5. The summed E-state index contributed by atoms with van der Waals surface area (Å²) in [5.41, 5.74) is 0. The first-order valence-corrected chi connectivity index (χ1v) is 7.36. The average Bonchev–Trinajstić information content (AvgIpc) is 2.37. The molecule has 0 radical (unpaired) electrons. The van der Waals surface area contributed by atoms with Gasteiger partial charge < -0.3 is 9.47 Å². The van der Waals surface area contributed by atoms with Crippen LogP contribution in [0.2, 0.25) is 0 Å². The molecule has 110 valence electrons. The Kier molecular flexibility index (Phi) is 6.42. The summed E-state index contributed by atoms with van der Waals surface area (Å²) in [6.07, 6.45) is -0.219. The molecule has 0 fully saturated rings. The minimum atomic E-state index is -2.23. The van der Waals surface area contributed by atoms with Gasteiger partial charge in [-0.05, 0) is 32.9 Å². The van der Waals surface area contributed by atoms with Crippen LogP contribution in [0.25, 0.3) is 0 Å². The maximum absolute atomic E-state index is 11.8. The Morgan fingerprint density at radius 3 is 2.50 bits per heavy atom. The third-order valence-corrected chi connectivity index (χ3v) is 3.21. The van der Waals surface area contributed by atoms with Gasteiger partial charge in [0.2, 0.25) is 0 Å². The molecule has 0 aromatic heterocycles. The van der Waals surface area contributed by atoms with E-state index in [0.29, 0.717) is 11.5 Å². The second-order valence-corrected chi connectivity index (χ2v) is 5.32. The van der Waals surface area contributed by atoms with Crippen molar-refractivity contribution in [2.45, 2.75) is 32.9 Å². The van der Waals surface area contributed by atoms with Gasteiger partial charge in [0.15, 0.2) is 5.75 Å². The van der Waals surface area contributed by atoms with Crippen LogP contribution in [0.3, 0.4) is 0 Å². The Hall–Kier alpha value is -1.65. The molecule has 1 aromatic carbocycles. The Morgan fingerprint density at radius 1 is 1.25 bits per heavy atom. The molecule has 0 saturated carbocycles. The van der Waals surface area contributed by atoms with Gasteiger partial charge in [0, 0.05) is 10.6 Å². The number of benzene rings is 1. The van der Waals surface area contributed by atoms with Gasteiger partial charge in [-0.25, -0.2) is 4.52 Å². The van der Waals surface area contributed by atoms with Gasteiger partial charge in [0.25, 0.3) is 0 Å². The monoisotopic (exact) mass is 300 g/mol. The lowest BCUT2D eigenvalue weighted by atomic mass is 10.3. The van der Waals surface area contributed by atoms with Crippen molar-refractivity contribution in [2.24, 2.45) is 0 Å². The highest BCUT2D eigenvalue weighted by atomic mass is 31.1. The summed E-state index contributed by atoms with van der Waals surface area (Å²) < 4.78 is 27.0. The lowest BCUT2D eigenvalue weighted by Crippen LogP contribution is -2.33. The number of nitrogens with one attached hydrogen (secondary N) is 1. The fraction of sp³-hybridized carbons (Fsp3) is 0.462. The molecule has 0 aliphatic carbocycles. The fourth-order valence-electron chi connectivity index (χ4n) is 1.33. The van der Waals surface area contributed by atoms with Crippen LogP contribution in [0.15, 0.2) is 24.3 Å². The number of esters is 1. The van der Waals surface area contributed by atoms with E-state index in [1.54, 1.807) is 45.0 Å². The van der Waals surface area contributed by atoms with E-state index in [2.05, 4.69) is 5.09 Å². The van der Waals surface area contributed by atoms with Crippen molar-refractivity contribution in [3.8, 4) is 11.5 Å². The molecular weight excluding hydrogens is 281 g/mol. The molecule has 0 spiro atoms. The number of hydrogen-bond donors (Lipinski definition) is 1. The molecule has 2 atom stereocenters. The molecule has 0 amide bonds. The van der Waals surface area contributed by atoms with Crippen LogP contribution in [0.5, 0.6) is 11.5 Å². The maximum atomic E-state index is 11.8. The lowest BCUT2D eigenvalue weighted by Gasteiger charge is -2.10. The van der Waals surface area contributed by atoms with Crippen LogP contribution < -0.4 is 14.3 Å². The Bertz CT molecular complexity index is 478. The quantitative estimate of drug-likeness (QED) is 0.616. The summed E-state index contributed by atoms with van der Waals surface area (Å²) in [5.74, 6) is 0.512. The highest BCUT2D eigenvalue weighted by Gasteiger charge is 2.28. The zero-order chi connectivity index (χ0) is 15.1. The predicted octanol–water partition coefficient (Wildman–Crippen LogP) is 2.66. The van der Waals surface area contributed by atoms with E-state index in [0.717, 1.165) is 0 Å². The summed E-state index contributed by atoms with van der Waals surface area (Å²) in [6.45, 7) is 5.06. The third-order valence-electron chi connectivity index (χ3n) is 2.23. The standard InChI is InChI=1S/C13H19NO5P/c1-9(2)18-13(15)10(3)14-20(16)19-12-7-5-6-11(8-12)17-4/h5-10H,1-4H3,(H,14,16)/q+1. The molecule has 20 heavy (non-hydrogen) atoms. The predicted molar refractivity (Wildman–Crippen MR) is 75.1 cm³/mol. The largest absolute Gasteiger partial charge is 0.664 e. The molecule has 0 aliphatic rings. The summed E-state index contributed by atoms with van der Waals surface area (Å²) in [6, 6.07) is 6.00. The van der Waals surface area contributed by atoms with Crippen LogP contribution >= 0.6 is 8.18 Å². The van der Waals surface area contributed by atoms with Crippen molar-refractivity contribution < 1.29 is 23.4 Å². The van der Waals surface area contributed by atoms with E-state index in [4.69, 9.17) is 14.0 Å². The fourth-order valence-corrected chi connectivity index (χ4v) is 2.10. The zero-order valence-electron chi connectivity index (χ0n) is 12.0. The second-order valence-electron chi connectivity index (χ2n) is 4.36. The van der Waals surface area contributed by atoms with Gasteiger partial charge in [-0.3, -0.25) is 4.79 Å². The Morgan fingerprint density at radius 2 is 1.90 bits per heavy atom. The Labute approximate surface area is 119 Å².